The molecule has 0 spiro atoms. The highest BCUT2D eigenvalue weighted by Crippen LogP contribution is 2.30. The minimum atomic E-state index is 0.218. The van der Waals surface area contributed by atoms with Crippen molar-refractivity contribution in [1.82, 2.24) is 4.90 Å². The molecule has 0 saturated carbocycles. The molecule has 1 saturated heterocycles. The van der Waals surface area contributed by atoms with Gasteiger partial charge in [0.2, 0.25) is 0 Å². The zero-order valence-corrected chi connectivity index (χ0v) is 13.9. The van der Waals surface area contributed by atoms with Crippen molar-refractivity contribution in [3.63, 3.8) is 0 Å². The quantitative estimate of drug-likeness (QED) is 0.791. The maximum Gasteiger partial charge on any atom is 0.0303 e. The molecule has 2 nitrogen and oxygen atoms in total. The molecule has 114 valence electrons. The second-order valence-corrected chi connectivity index (χ2v) is 7.56. The fraction of sp³-hybridized carbons (Fsp3) is 1.00. The smallest absolute Gasteiger partial charge is 0.0303 e. The Balaban J connectivity index is 2.60. The third-order valence-corrected chi connectivity index (χ3v) is 5.18. The molecule has 0 aromatic rings. The van der Waals surface area contributed by atoms with Crippen molar-refractivity contribution in [1.29, 1.82) is 0 Å². The van der Waals surface area contributed by atoms with E-state index >= 15 is 0 Å². The Kier molecular flexibility index (Phi) is 6.82. The molecule has 0 bridgehead atoms. The van der Waals surface area contributed by atoms with Crippen LogP contribution in [0.5, 0.6) is 0 Å². The van der Waals surface area contributed by atoms with Crippen LogP contribution in [0.2, 0.25) is 0 Å². The van der Waals surface area contributed by atoms with Gasteiger partial charge in [0.25, 0.3) is 0 Å². The van der Waals surface area contributed by atoms with Gasteiger partial charge in [-0.15, -0.1) is 0 Å². The van der Waals surface area contributed by atoms with Crippen molar-refractivity contribution in [2.75, 3.05) is 19.6 Å². The van der Waals surface area contributed by atoms with Crippen LogP contribution >= 0.6 is 0 Å². The van der Waals surface area contributed by atoms with Crippen LogP contribution in [-0.4, -0.2) is 30.1 Å². The lowest BCUT2D eigenvalue weighted by Gasteiger charge is -2.41. The Morgan fingerprint density at radius 2 is 1.84 bits per heavy atom. The minimum absolute atomic E-state index is 0.218. The first-order valence-corrected chi connectivity index (χ1v) is 8.34. The van der Waals surface area contributed by atoms with Crippen molar-refractivity contribution in [2.45, 2.75) is 72.3 Å². The fourth-order valence-electron chi connectivity index (χ4n) is 3.32. The summed E-state index contributed by atoms with van der Waals surface area (Å²) < 4.78 is 0. The summed E-state index contributed by atoms with van der Waals surface area (Å²) in [7, 11) is 0. The van der Waals surface area contributed by atoms with Crippen LogP contribution in [0, 0.1) is 17.8 Å². The molecule has 0 radical (unpaired) electrons. The van der Waals surface area contributed by atoms with Gasteiger partial charge in [-0.3, -0.25) is 4.90 Å². The van der Waals surface area contributed by atoms with E-state index in [4.69, 9.17) is 5.73 Å². The van der Waals surface area contributed by atoms with Crippen LogP contribution < -0.4 is 5.73 Å². The molecule has 1 heterocycles. The van der Waals surface area contributed by atoms with E-state index in [1.54, 1.807) is 0 Å². The Labute approximate surface area is 121 Å². The van der Waals surface area contributed by atoms with Crippen molar-refractivity contribution >= 4 is 0 Å². The van der Waals surface area contributed by atoms with Crippen molar-refractivity contribution in [3.05, 3.63) is 0 Å². The van der Waals surface area contributed by atoms with Gasteiger partial charge in [-0.25, -0.2) is 0 Å². The van der Waals surface area contributed by atoms with E-state index in [1.807, 2.05) is 0 Å². The Morgan fingerprint density at radius 3 is 2.37 bits per heavy atom. The predicted molar refractivity (Wildman–Crippen MR) is 85.3 cm³/mol. The van der Waals surface area contributed by atoms with Gasteiger partial charge in [0.15, 0.2) is 0 Å². The summed E-state index contributed by atoms with van der Waals surface area (Å²) in [5.41, 5.74) is 6.35. The van der Waals surface area contributed by atoms with E-state index in [0.717, 1.165) is 24.3 Å². The summed E-state index contributed by atoms with van der Waals surface area (Å²) in [6, 6.07) is 0. The Hall–Kier alpha value is -0.0800. The van der Waals surface area contributed by atoms with Crippen molar-refractivity contribution in [2.24, 2.45) is 23.5 Å². The number of hydrogen-bond donors (Lipinski definition) is 1. The molecule has 2 atom stereocenters. The van der Waals surface area contributed by atoms with Crippen molar-refractivity contribution < 1.29 is 0 Å². The van der Waals surface area contributed by atoms with Crippen LogP contribution in [0.3, 0.4) is 0 Å². The van der Waals surface area contributed by atoms with Gasteiger partial charge >= 0.3 is 0 Å². The van der Waals surface area contributed by atoms with Crippen LogP contribution in [0.1, 0.15) is 66.7 Å². The number of rotatable bonds is 6. The normalized spacial score (nSPS) is 25.6. The van der Waals surface area contributed by atoms with Crippen LogP contribution in [0.4, 0.5) is 0 Å². The van der Waals surface area contributed by atoms with E-state index < -0.39 is 0 Å². The lowest BCUT2D eigenvalue weighted by atomic mass is 9.88. The number of nitrogens with two attached hydrogens (primary N) is 1. The van der Waals surface area contributed by atoms with E-state index in [9.17, 15) is 0 Å². The Morgan fingerprint density at radius 1 is 1.16 bits per heavy atom. The van der Waals surface area contributed by atoms with E-state index in [0.29, 0.717) is 0 Å². The van der Waals surface area contributed by atoms with Gasteiger partial charge in [-0.05, 0) is 69.9 Å². The third-order valence-electron chi connectivity index (χ3n) is 5.18. The largest absolute Gasteiger partial charge is 0.329 e. The van der Waals surface area contributed by atoms with Crippen LogP contribution in [0.15, 0.2) is 0 Å². The zero-order valence-electron chi connectivity index (χ0n) is 13.9. The van der Waals surface area contributed by atoms with E-state index in [2.05, 4.69) is 39.5 Å². The van der Waals surface area contributed by atoms with E-state index in [-0.39, 0.29) is 5.54 Å². The highest BCUT2D eigenvalue weighted by atomic mass is 15.2. The van der Waals surface area contributed by atoms with Crippen molar-refractivity contribution in [3.8, 4) is 0 Å². The molecule has 19 heavy (non-hydrogen) atoms. The van der Waals surface area contributed by atoms with Gasteiger partial charge in [-0.1, -0.05) is 27.7 Å². The first kappa shape index (κ1) is 17.0. The minimum Gasteiger partial charge on any atom is -0.329 e. The Bertz CT molecular complexity index is 250. The van der Waals surface area contributed by atoms with Crippen LogP contribution in [-0.2, 0) is 0 Å². The summed E-state index contributed by atoms with van der Waals surface area (Å²) in [5, 5.41) is 0. The summed E-state index contributed by atoms with van der Waals surface area (Å²) in [6.45, 7) is 15.0. The molecule has 0 amide bonds. The fourth-order valence-corrected chi connectivity index (χ4v) is 3.32. The molecule has 0 aliphatic carbocycles. The molecule has 1 rings (SSSR count). The van der Waals surface area contributed by atoms with Gasteiger partial charge in [0, 0.05) is 12.1 Å². The maximum absolute atomic E-state index is 6.13. The molecule has 0 aromatic carbocycles. The SMILES string of the molecule is CC(C)CCC(C)(CN)N1CCCC(C(C)C)CC1. The molecular weight excluding hydrogens is 232 g/mol. The molecule has 1 fully saturated rings. The zero-order chi connectivity index (χ0) is 14.5. The molecule has 1 aliphatic heterocycles. The first-order valence-electron chi connectivity index (χ1n) is 8.34. The summed E-state index contributed by atoms with van der Waals surface area (Å²) in [6.07, 6.45) is 6.64. The predicted octanol–water partition coefficient (Wildman–Crippen LogP) is 3.90. The monoisotopic (exact) mass is 268 g/mol. The van der Waals surface area contributed by atoms with Gasteiger partial charge < -0.3 is 5.73 Å². The maximum atomic E-state index is 6.13. The molecule has 0 aromatic heterocycles. The topological polar surface area (TPSA) is 29.3 Å². The second-order valence-electron chi connectivity index (χ2n) is 7.56. The molecule has 1 aliphatic rings. The first-order chi connectivity index (χ1) is 8.89. The standard InChI is InChI=1S/C17H36N2/c1-14(2)8-10-17(5,13-18)19-11-6-7-16(9-12-19)15(3)4/h14-16H,6-13,18H2,1-5H3. The average Bonchev–Trinajstić information content (AvgIpc) is 2.62. The number of likely N-dealkylation sites (tertiary alicyclic amines) is 1. The van der Waals surface area contributed by atoms with Gasteiger partial charge in [0.1, 0.15) is 0 Å². The highest BCUT2D eigenvalue weighted by Gasteiger charge is 2.32. The highest BCUT2D eigenvalue weighted by molar-refractivity contribution is 4.89. The van der Waals surface area contributed by atoms with Gasteiger partial charge in [0.05, 0.1) is 0 Å². The number of nitrogens with zero attached hydrogens (tertiary/aromatic N) is 1. The molecule has 2 unspecified atom stereocenters. The third kappa shape index (κ3) is 5.07. The summed E-state index contributed by atoms with van der Waals surface area (Å²) >= 11 is 0. The molecule has 2 heteroatoms. The lowest BCUT2D eigenvalue weighted by Crippen LogP contribution is -2.52. The van der Waals surface area contributed by atoms with Gasteiger partial charge in [-0.2, -0.15) is 0 Å². The molecular formula is C17H36N2. The number of hydrogen-bond acceptors (Lipinski definition) is 2. The van der Waals surface area contributed by atoms with E-state index in [1.165, 1.54) is 45.2 Å². The summed E-state index contributed by atoms with van der Waals surface area (Å²) in [4.78, 5) is 2.69. The second kappa shape index (κ2) is 7.64. The van der Waals surface area contributed by atoms with Crippen LogP contribution in [0.25, 0.3) is 0 Å². The average molecular weight is 268 g/mol. The lowest BCUT2D eigenvalue weighted by molar-refractivity contribution is 0.0974. The summed E-state index contributed by atoms with van der Waals surface area (Å²) in [5.74, 6) is 2.53. The molecule has 2 N–H and O–H groups in total.